The Morgan fingerprint density at radius 1 is 1.55 bits per heavy atom. The van der Waals surface area contributed by atoms with Gasteiger partial charge < -0.3 is 5.32 Å². The number of rotatable bonds is 5. The number of hydrogen-bond donors (Lipinski definition) is 1. The van der Waals surface area contributed by atoms with Crippen molar-refractivity contribution in [3.05, 3.63) is 0 Å². The Labute approximate surface area is 69.4 Å². The summed E-state index contributed by atoms with van der Waals surface area (Å²) in [5.41, 5.74) is 0. The fourth-order valence-corrected chi connectivity index (χ4v) is 1.07. The Morgan fingerprint density at radius 3 is 2.64 bits per heavy atom. The molecule has 0 heterocycles. The van der Waals surface area contributed by atoms with E-state index >= 15 is 0 Å². The molecule has 2 nitrogen and oxygen atoms in total. The molecular weight excluding hydrogens is 138 g/mol. The lowest BCUT2D eigenvalue weighted by Gasteiger charge is -2.08. The summed E-state index contributed by atoms with van der Waals surface area (Å²) in [5, 5.41) is 2.63. The smallest absolute Gasteiger partial charge is 0.220 e. The van der Waals surface area contributed by atoms with Gasteiger partial charge in [-0.25, -0.2) is 0 Å². The van der Waals surface area contributed by atoms with Crippen LogP contribution in [0.3, 0.4) is 0 Å². The molecule has 1 unspecified atom stereocenters. The standard InChI is InChI=1S/C9H19NO/c1-4-5-6-8(2)7-9(11)10-3/h8H,4-7H2,1-3H3,(H,10,11). The largest absolute Gasteiger partial charge is 0.359 e. The molecule has 0 radical (unpaired) electrons. The molecule has 0 aliphatic rings. The van der Waals surface area contributed by atoms with Gasteiger partial charge in [-0.15, -0.1) is 0 Å². The maximum absolute atomic E-state index is 10.9. The van der Waals surface area contributed by atoms with Crippen molar-refractivity contribution < 1.29 is 4.79 Å². The zero-order valence-corrected chi connectivity index (χ0v) is 7.81. The van der Waals surface area contributed by atoms with Gasteiger partial charge in [0.1, 0.15) is 0 Å². The van der Waals surface area contributed by atoms with Crippen LogP contribution in [0, 0.1) is 5.92 Å². The second-order valence-electron chi connectivity index (χ2n) is 3.12. The third-order valence-electron chi connectivity index (χ3n) is 1.86. The van der Waals surface area contributed by atoms with Crippen LogP contribution >= 0.6 is 0 Å². The highest BCUT2D eigenvalue weighted by Crippen LogP contribution is 2.10. The van der Waals surface area contributed by atoms with E-state index in [0.29, 0.717) is 12.3 Å². The van der Waals surface area contributed by atoms with Crippen molar-refractivity contribution in [2.75, 3.05) is 7.05 Å². The van der Waals surface area contributed by atoms with Crippen LogP contribution in [0.25, 0.3) is 0 Å². The van der Waals surface area contributed by atoms with Crippen molar-refractivity contribution in [2.24, 2.45) is 5.92 Å². The Kier molecular flexibility index (Phi) is 5.90. The van der Waals surface area contributed by atoms with E-state index in [9.17, 15) is 4.79 Å². The molecule has 11 heavy (non-hydrogen) atoms. The van der Waals surface area contributed by atoms with Gasteiger partial charge in [0, 0.05) is 13.5 Å². The molecule has 0 aliphatic heterocycles. The minimum atomic E-state index is 0.161. The van der Waals surface area contributed by atoms with E-state index in [0.717, 1.165) is 0 Å². The average molecular weight is 157 g/mol. The first-order chi connectivity index (χ1) is 5.20. The van der Waals surface area contributed by atoms with Crippen molar-refractivity contribution in [1.82, 2.24) is 5.32 Å². The number of hydrogen-bond acceptors (Lipinski definition) is 1. The molecule has 1 N–H and O–H groups in total. The number of carbonyl (C=O) groups excluding carboxylic acids is 1. The van der Waals surface area contributed by atoms with Crippen molar-refractivity contribution in [2.45, 2.75) is 39.5 Å². The van der Waals surface area contributed by atoms with E-state index in [1.54, 1.807) is 7.05 Å². The minimum absolute atomic E-state index is 0.161. The molecule has 1 atom stereocenters. The van der Waals surface area contributed by atoms with Crippen molar-refractivity contribution in [3.8, 4) is 0 Å². The summed E-state index contributed by atoms with van der Waals surface area (Å²) in [6.45, 7) is 4.30. The van der Waals surface area contributed by atoms with E-state index in [1.807, 2.05) is 0 Å². The van der Waals surface area contributed by atoms with Crippen LogP contribution in [0.15, 0.2) is 0 Å². The summed E-state index contributed by atoms with van der Waals surface area (Å²) in [6.07, 6.45) is 4.30. The molecule has 0 aromatic heterocycles. The fraction of sp³-hybridized carbons (Fsp3) is 0.889. The van der Waals surface area contributed by atoms with Gasteiger partial charge in [-0.3, -0.25) is 4.79 Å². The molecule has 0 bridgehead atoms. The van der Waals surface area contributed by atoms with E-state index in [1.165, 1.54) is 19.3 Å². The van der Waals surface area contributed by atoms with Crippen LogP contribution in [0.4, 0.5) is 0 Å². The Bertz CT molecular complexity index is 112. The van der Waals surface area contributed by atoms with Gasteiger partial charge in [0.2, 0.25) is 5.91 Å². The number of amides is 1. The Balaban J connectivity index is 3.35. The third-order valence-corrected chi connectivity index (χ3v) is 1.86. The normalized spacial score (nSPS) is 12.6. The van der Waals surface area contributed by atoms with Crippen LogP contribution in [-0.4, -0.2) is 13.0 Å². The molecule has 0 saturated carbocycles. The monoisotopic (exact) mass is 157 g/mol. The summed E-state index contributed by atoms with van der Waals surface area (Å²) in [7, 11) is 1.69. The van der Waals surface area contributed by atoms with Crippen LogP contribution < -0.4 is 5.32 Å². The van der Waals surface area contributed by atoms with Gasteiger partial charge >= 0.3 is 0 Å². The molecule has 66 valence electrons. The third kappa shape index (κ3) is 5.89. The summed E-state index contributed by atoms with van der Waals surface area (Å²) in [4.78, 5) is 10.9. The minimum Gasteiger partial charge on any atom is -0.359 e. The molecule has 1 amide bonds. The Hall–Kier alpha value is -0.530. The van der Waals surface area contributed by atoms with Crippen molar-refractivity contribution in [3.63, 3.8) is 0 Å². The number of carbonyl (C=O) groups is 1. The zero-order chi connectivity index (χ0) is 8.69. The first-order valence-corrected chi connectivity index (χ1v) is 4.41. The van der Waals surface area contributed by atoms with Gasteiger partial charge in [-0.05, 0) is 5.92 Å². The van der Waals surface area contributed by atoms with Gasteiger partial charge in [0.15, 0.2) is 0 Å². The lowest BCUT2D eigenvalue weighted by atomic mass is 10.0. The summed E-state index contributed by atoms with van der Waals surface area (Å²) in [5.74, 6) is 0.698. The van der Waals surface area contributed by atoms with Crippen molar-refractivity contribution >= 4 is 5.91 Å². The lowest BCUT2D eigenvalue weighted by Crippen LogP contribution is -2.20. The van der Waals surface area contributed by atoms with E-state index < -0.39 is 0 Å². The molecule has 0 saturated heterocycles. The highest BCUT2D eigenvalue weighted by molar-refractivity contribution is 5.75. The molecular formula is C9H19NO. The second-order valence-corrected chi connectivity index (χ2v) is 3.12. The van der Waals surface area contributed by atoms with E-state index in [2.05, 4.69) is 19.2 Å². The molecule has 0 fully saturated rings. The maximum atomic E-state index is 10.9. The summed E-state index contributed by atoms with van der Waals surface area (Å²) >= 11 is 0. The molecule has 0 rings (SSSR count). The number of nitrogens with one attached hydrogen (secondary N) is 1. The van der Waals surface area contributed by atoms with Gasteiger partial charge in [0.25, 0.3) is 0 Å². The highest BCUT2D eigenvalue weighted by atomic mass is 16.1. The molecule has 2 heteroatoms. The molecule has 0 aromatic rings. The van der Waals surface area contributed by atoms with E-state index in [-0.39, 0.29) is 5.91 Å². The Morgan fingerprint density at radius 2 is 2.18 bits per heavy atom. The van der Waals surface area contributed by atoms with Crippen LogP contribution in [0.5, 0.6) is 0 Å². The first kappa shape index (κ1) is 10.5. The first-order valence-electron chi connectivity index (χ1n) is 4.41. The molecule has 0 spiro atoms. The summed E-state index contributed by atoms with van der Waals surface area (Å²) < 4.78 is 0. The van der Waals surface area contributed by atoms with Gasteiger partial charge in [0.05, 0.1) is 0 Å². The van der Waals surface area contributed by atoms with Crippen LogP contribution in [0.1, 0.15) is 39.5 Å². The fourth-order valence-electron chi connectivity index (χ4n) is 1.07. The number of unbranched alkanes of at least 4 members (excludes halogenated alkanes) is 1. The quantitative estimate of drug-likeness (QED) is 0.649. The van der Waals surface area contributed by atoms with E-state index in [4.69, 9.17) is 0 Å². The lowest BCUT2D eigenvalue weighted by molar-refractivity contribution is -0.121. The highest BCUT2D eigenvalue weighted by Gasteiger charge is 2.05. The maximum Gasteiger partial charge on any atom is 0.220 e. The van der Waals surface area contributed by atoms with Gasteiger partial charge in [-0.1, -0.05) is 33.1 Å². The second kappa shape index (κ2) is 6.20. The molecule has 0 aromatic carbocycles. The van der Waals surface area contributed by atoms with Gasteiger partial charge in [-0.2, -0.15) is 0 Å². The van der Waals surface area contributed by atoms with Crippen molar-refractivity contribution in [1.29, 1.82) is 0 Å². The van der Waals surface area contributed by atoms with Crippen LogP contribution in [0.2, 0.25) is 0 Å². The predicted molar refractivity (Wildman–Crippen MR) is 47.4 cm³/mol. The topological polar surface area (TPSA) is 29.1 Å². The zero-order valence-electron chi connectivity index (χ0n) is 7.81. The average Bonchev–Trinajstić information content (AvgIpc) is 2.00. The molecule has 0 aliphatic carbocycles. The van der Waals surface area contributed by atoms with Crippen LogP contribution in [-0.2, 0) is 4.79 Å². The summed E-state index contributed by atoms with van der Waals surface area (Å²) in [6, 6.07) is 0. The SMILES string of the molecule is CCCCC(C)CC(=O)NC. The predicted octanol–water partition coefficient (Wildman–Crippen LogP) is 1.95.